The molecule has 3 heterocycles. The molecule has 0 saturated carbocycles. The second-order valence-electron chi connectivity index (χ2n) is 12.4. The van der Waals surface area contributed by atoms with Crippen molar-refractivity contribution in [1.82, 2.24) is 10.2 Å². The second kappa shape index (κ2) is 11.7. The molecule has 2 aromatic rings. The summed E-state index contributed by atoms with van der Waals surface area (Å²) in [6, 6.07) is 15.7. The predicted molar refractivity (Wildman–Crippen MR) is 162 cm³/mol. The Kier molecular flexibility index (Phi) is 8.36. The Morgan fingerprint density at radius 2 is 1.71 bits per heavy atom. The van der Waals surface area contributed by atoms with Crippen molar-refractivity contribution in [3.63, 3.8) is 0 Å². The number of fused-ring (bicyclic) bond motifs is 1. The fraction of sp³-hybridized carbons (Fsp3) is 0.545. The van der Waals surface area contributed by atoms with Crippen LogP contribution in [0, 0.1) is 17.8 Å². The topological polar surface area (TPSA) is 111 Å². The minimum Gasteiger partial charge on any atom is -0.394 e. The van der Waals surface area contributed by atoms with Crippen LogP contribution in [0.3, 0.4) is 0 Å². The molecule has 2 bridgehead atoms. The van der Waals surface area contributed by atoms with Crippen molar-refractivity contribution in [1.29, 1.82) is 0 Å². The van der Waals surface area contributed by atoms with Crippen LogP contribution in [-0.4, -0.2) is 70.7 Å². The van der Waals surface area contributed by atoms with Crippen molar-refractivity contribution in [2.75, 3.05) is 29.9 Å². The molecule has 0 radical (unpaired) electrons. The van der Waals surface area contributed by atoms with Crippen LogP contribution in [-0.2, 0) is 25.7 Å². The largest absolute Gasteiger partial charge is 0.394 e. The zero-order valence-corrected chi connectivity index (χ0v) is 25.3. The number of hydrogen-bond acceptors (Lipinski definition) is 6. The zero-order valence-electron chi connectivity index (χ0n) is 25.3. The molecular formula is C33H44N4O5. The first-order chi connectivity index (χ1) is 20.1. The summed E-state index contributed by atoms with van der Waals surface area (Å²) in [5, 5.41) is 16.5. The molecule has 42 heavy (non-hydrogen) atoms. The fourth-order valence-electron chi connectivity index (χ4n) is 7.49. The van der Waals surface area contributed by atoms with E-state index in [4.69, 9.17) is 4.74 Å². The van der Waals surface area contributed by atoms with E-state index in [2.05, 4.69) is 29.4 Å². The molecular weight excluding hydrogens is 532 g/mol. The summed E-state index contributed by atoms with van der Waals surface area (Å²) < 4.78 is 6.71. The van der Waals surface area contributed by atoms with Crippen LogP contribution in [0.5, 0.6) is 0 Å². The summed E-state index contributed by atoms with van der Waals surface area (Å²) in [6.07, 6.45) is 1.04. The number of ether oxygens (including phenoxy) is 1. The summed E-state index contributed by atoms with van der Waals surface area (Å²) in [7, 11) is 0. The quantitative estimate of drug-likeness (QED) is 0.377. The van der Waals surface area contributed by atoms with Crippen LogP contribution < -0.4 is 15.5 Å². The molecule has 3 fully saturated rings. The molecule has 3 saturated heterocycles. The Hall–Kier alpha value is -3.43. The Balaban J connectivity index is 1.46. The van der Waals surface area contributed by atoms with Crippen LogP contribution >= 0.6 is 0 Å². The Morgan fingerprint density at radius 1 is 1.05 bits per heavy atom. The van der Waals surface area contributed by atoms with Crippen molar-refractivity contribution in [3.8, 4) is 0 Å². The van der Waals surface area contributed by atoms with Gasteiger partial charge in [-0.25, -0.2) is 0 Å². The number of hydrogen-bond donors (Lipinski definition) is 3. The van der Waals surface area contributed by atoms with Gasteiger partial charge in [0.1, 0.15) is 11.6 Å². The van der Waals surface area contributed by atoms with Crippen molar-refractivity contribution >= 4 is 29.1 Å². The molecule has 5 rings (SSSR count). The molecule has 226 valence electrons. The van der Waals surface area contributed by atoms with Crippen LogP contribution in [0.2, 0.25) is 0 Å². The number of likely N-dealkylation sites (tertiary alicyclic amines) is 1. The van der Waals surface area contributed by atoms with Gasteiger partial charge >= 0.3 is 0 Å². The first kappa shape index (κ1) is 30.0. The van der Waals surface area contributed by atoms with Crippen LogP contribution in [0.25, 0.3) is 0 Å². The predicted octanol–water partition coefficient (Wildman–Crippen LogP) is 3.57. The lowest BCUT2D eigenvalue weighted by Gasteiger charge is -2.38. The number of aliphatic hydroxyl groups excluding tert-OH is 1. The number of anilines is 2. The average molecular weight is 577 g/mol. The second-order valence-corrected chi connectivity index (χ2v) is 12.4. The maximum Gasteiger partial charge on any atom is 0.250 e. The van der Waals surface area contributed by atoms with Gasteiger partial charge in [0.05, 0.1) is 30.1 Å². The van der Waals surface area contributed by atoms with Gasteiger partial charge in [-0.1, -0.05) is 44.2 Å². The molecule has 9 heteroatoms. The molecule has 3 aliphatic heterocycles. The molecule has 3 N–H and O–H groups in total. The number of carbonyl (C=O) groups is 3. The monoisotopic (exact) mass is 576 g/mol. The minimum atomic E-state index is -1.16. The summed E-state index contributed by atoms with van der Waals surface area (Å²) in [5.41, 5.74) is 0.602. The smallest absolute Gasteiger partial charge is 0.250 e. The van der Waals surface area contributed by atoms with Gasteiger partial charge < -0.3 is 30.3 Å². The van der Waals surface area contributed by atoms with Gasteiger partial charge in [-0.2, -0.15) is 0 Å². The number of benzene rings is 2. The molecule has 6 atom stereocenters. The van der Waals surface area contributed by atoms with E-state index in [-0.39, 0.29) is 30.2 Å². The normalized spacial score (nSPS) is 28.6. The summed E-state index contributed by atoms with van der Waals surface area (Å²) in [5.74, 6) is -2.60. The lowest BCUT2D eigenvalue weighted by atomic mass is 9.66. The van der Waals surface area contributed by atoms with E-state index in [0.29, 0.717) is 25.1 Å². The van der Waals surface area contributed by atoms with E-state index in [9.17, 15) is 19.5 Å². The Bertz CT molecular complexity index is 1300. The van der Waals surface area contributed by atoms with Crippen LogP contribution in [0.4, 0.5) is 11.4 Å². The fourth-order valence-corrected chi connectivity index (χ4v) is 7.49. The van der Waals surface area contributed by atoms with Gasteiger partial charge in [0.2, 0.25) is 17.7 Å². The van der Waals surface area contributed by atoms with Crippen LogP contribution in [0.15, 0.2) is 54.6 Å². The maximum absolute atomic E-state index is 14.3. The van der Waals surface area contributed by atoms with Crippen molar-refractivity contribution in [2.45, 2.75) is 77.3 Å². The van der Waals surface area contributed by atoms with E-state index >= 15 is 0 Å². The molecule has 3 aliphatic rings. The van der Waals surface area contributed by atoms with E-state index in [1.165, 1.54) is 4.90 Å². The Morgan fingerprint density at radius 3 is 2.31 bits per heavy atom. The highest BCUT2D eigenvalue weighted by atomic mass is 16.5. The van der Waals surface area contributed by atoms with E-state index in [1.54, 1.807) is 0 Å². The summed E-state index contributed by atoms with van der Waals surface area (Å²) in [4.78, 5) is 46.0. The SMILES string of the molecule is CCN(CC)c1ccc(NC(=O)C2N([C@@H](CO)C(C)C)C(=O)[C@@H]3[C@H](C(=O)NCc4ccccc4)[C@]4(C)CCC23O4)cc1. The molecule has 0 aliphatic carbocycles. The molecule has 3 amide bonds. The third-order valence-electron chi connectivity index (χ3n) is 9.63. The number of rotatable bonds is 11. The van der Waals surface area contributed by atoms with Crippen molar-refractivity contribution < 1.29 is 24.2 Å². The molecule has 2 aromatic carbocycles. The highest BCUT2D eigenvalue weighted by molar-refractivity contribution is 6.04. The number of nitrogens with one attached hydrogen (secondary N) is 2. The zero-order chi connectivity index (χ0) is 30.2. The number of aliphatic hydroxyl groups is 1. The van der Waals surface area contributed by atoms with Gasteiger partial charge in [0.15, 0.2) is 0 Å². The third kappa shape index (κ3) is 4.96. The van der Waals surface area contributed by atoms with Gasteiger partial charge in [0.25, 0.3) is 0 Å². The molecule has 2 unspecified atom stereocenters. The number of nitrogens with zero attached hydrogens (tertiary/aromatic N) is 2. The van der Waals surface area contributed by atoms with E-state index < -0.39 is 35.1 Å². The van der Waals surface area contributed by atoms with Gasteiger partial charge in [-0.05, 0) is 69.4 Å². The highest BCUT2D eigenvalue weighted by Crippen LogP contribution is 2.63. The Labute approximate surface area is 248 Å². The number of amides is 3. The van der Waals surface area contributed by atoms with Crippen molar-refractivity contribution in [2.24, 2.45) is 17.8 Å². The molecule has 1 spiro atoms. The lowest BCUT2D eigenvalue weighted by Crippen LogP contribution is -2.57. The lowest BCUT2D eigenvalue weighted by molar-refractivity contribution is -0.149. The summed E-state index contributed by atoms with van der Waals surface area (Å²) >= 11 is 0. The third-order valence-corrected chi connectivity index (χ3v) is 9.63. The minimum absolute atomic E-state index is 0.115. The van der Waals surface area contributed by atoms with Gasteiger partial charge in [0, 0.05) is 31.0 Å². The molecule has 9 nitrogen and oxygen atoms in total. The van der Waals surface area contributed by atoms with Gasteiger partial charge in [-0.15, -0.1) is 0 Å². The van der Waals surface area contributed by atoms with E-state index in [0.717, 1.165) is 24.3 Å². The standard InChI is InChI=1S/C33H44N4O5/c1-6-36(7-2)24-15-13-23(14-16-24)35-30(40)28-33-18-17-32(5,42-33)26(29(39)34-19-22-11-9-8-10-12-22)27(33)31(41)37(28)25(20-38)21(3)4/h8-16,21,25-28,38H,6-7,17-20H2,1-5H3,(H,34,39)(H,35,40)/t25-,26+,27-,28?,32-,33?/m0/s1. The van der Waals surface area contributed by atoms with Crippen molar-refractivity contribution in [3.05, 3.63) is 60.2 Å². The maximum atomic E-state index is 14.3. The first-order valence-corrected chi connectivity index (χ1v) is 15.2. The summed E-state index contributed by atoms with van der Waals surface area (Å²) in [6.45, 7) is 11.7. The van der Waals surface area contributed by atoms with E-state index in [1.807, 2.05) is 75.4 Å². The van der Waals surface area contributed by atoms with Gasteiger partial charge in [-0.3, -0.25) is 14.4 Å². The number of carbonyl (C=O) groups excluding carboxylic acids is 3. The molecule has 0 aromatic heterocycles. The van der Waals surface area contributed by atoms with Crippen LogP contribution in [0.1, 0.15) is 53.0 Å². The highest BCUT2D eigenvalue weighted by Gasteiger charge is 2.78. The average Bonchev–Trinajstić information content (AvgIpc) is 3.55. The first-order valence-electron chi connectivity index (χ1n) is 15.2.